The average Bonchev–Trinajstić information content (AvgIpc) is 2.68. The second-order valence-corrected chi connectivity index (χ2v) is 7.50. The molecule has 0 spiro atoms. The van der Waals surface area contributed by atoms with Crippen molar-refractivity contribution in [2.24, 2.45) is 17.8 Å². The van der Waals surface area contributed by atoms with Crippen LogP contribution in [0.5, 0.6) is 0 Å². The molecular formula is C21H36F2O3. The van der Waals surface area contributed by atoms with Crippen molar-refractivity contribution in [1.82, 2.24) is 0 Å². The maximum atomic E-state index is 14.1. The van der Waals surface area contributed by atoms with Crippen molar-refractivity contribution in [3.05, 3.63) is 23.0 Å². The minimum atomic E-state index is -0.955. The molecule has 0 bridgehead atoms. The van der Waals surface area contributed by atoms with Crippen molar-refractivity contribution < 1.29 is 23.0 Å². The van der Waals surface area contributed by atoms with Gasteiger partial charge >= 0.3 is 0 Å². The fourth-order valence-corrected chi connectivity index (χ4v) is 3.16. The molecule has 0 aromatic heterocycles. The zero-order valence-corrected chi connectivity index (χ0v) is 17.2. The monoisotopic (exact) mass is 374 g/mol. The fraction of sp³-hybridized carbons (Fsp3) is 0.810. The molecule has 1 aliphatic carbocycles. The summed E-state index contributed by atoms with van der Waals surface area (Å²) in [6, 6.07) is 0. The van der Waals surface area contributed by atoms with Crippen LogP contribution in [-0.4, -0.2) is 26.6 Å². The van der Waals surface area contributed by atoms with Gasteiger partial charge in [-0.15, -0.1) is 0 Å². The molecule has 26 heavy (non-hydrogen) atoms. The lowest BCUT2D eigenvalue weighted by molar-refractivity contribution is -0.145. The van der Waals surface area contributed by atoms with Crippen molar-refractivity contribution >= 4 is 0 Å². The minimum Gasteiger partial charge on any atom is -0.498 e. The summed E-state index contributed by atoms with van der Waals surface area (Å²) >= 11 is 0. The highest BCUT2D eigenvalue weighted by atomic mass is 19.2. The molecule has 0 aliphatic heterocycles. The van der Waals surface area contributed by atoms with Gasteiger partial charge in [0.1, 0.15) is 5.76 Å². The lowest BCUT2D eigenvalue weighted by Crippen LogP contribution is -2.24. The summed E-state index contributed by atoms with van der Waals surface area (Å²) in [5.41, 5.74) is 0.309. The van der Waals surface area contributed by atoms with Crippen LogP contribution in [0.3, 0.4) is 0 Å². The van der Waals surface area contributed by atoms with Gasteiger partial charge in [-0.25, -0.2) is 8.78 Å². The number of allylic oxidation sites excluding steroid dienone is 3. The molecule has 1 rings (SSSR count). The molecule has 1 saturated carbocycles. The topological polar surface area (TPSA) is 27.7 Å². The highest BCUT2D eigenvalue weighted by molar-refractivity contribution is 5.27. The molecule has 0 radical (unpaired) electrons. The van der Waals surface area contributed by atoms with Crippen molar-refractivity contribution in [1.29, 1.82) is 0 Å². The van der Waals surface area contributed by atoms with E-state index >= 15 is 0 Å². The molecule has 3 nitrogen and oxygen atoms in total. The third-order valence-electron chi connectivity index (χ3n) is 5.58. The zero-order valence-electron chi connectivity index (χ0n) is 17.2. The van der Waals surface area contributed by atoms with Gasteiger partial charge in [-0.2, -0.15) is 0 Å². The third-order valence-corrected chi connectivity index (χ3v) is 5.58. The van der Waals surface area contributed by atoms with Crippen LogP contribution >= 0.6 is 0 Å². The summed E-state index contributed by atoms with van der Waals surface area (Å²) in [6.45, 7) is 9.88. The maximum absolute atomic E-state index is 14.1. The maximum Gasteiger partial charge on any atom is 0.195 e. The van der Waals surface area contributed by atoms with Crippen molar-refractivity contribution in [2.45, 2.75) is 73.0 Å². The predicted molar refractivity (Wildman–Crippen MR) is 101 cm³/mol. The molecule has 1 fully saturated rings. The number of hydrogen-bond acceptors (Lipinski definition) is 3. The Kier molecular flexibility index (Phi) is 10.4. The highest BCUT2D eigenvalue weighted by Gasteiger charge is 2.21. The summed E-state index contributed by atoms with van der Waals surface area (Å²) in [6.07, 6.45) is 5.95. The summed E-state index contributed by atoms with van der Waals surface area (Å²) in [4.78, 5) is 0. The van der Waals surface area contributed by atoms with E-state index < -0.39 is 11.7 Å². The van der Waals surface area contributed by atoms with Crippen molar-refractivity contribution in [3.8, 4) is 0 Å². The summed E-state index contributed by atoms with van der Waals surface area (Å²) in [5, 5.41) is 0. The van der Waals surface area contributed by atoms with Gasteiger partial charge in [0, 0.05) is 5.92 Å². The van der Waals surface area contributed by atoms with Crippen LogP contribution in [0.4, 0.5) is 8.78 Å². The Hall–Kier alpha value is -0.940. The second kappa shape index (κ2) is 11.7. The molecule has 0 aromatic rings. The Balaban J connectivity index is 2.38. The van der Waals surface area contributed by atoms with E-state index in [0.717, 1.165) is 5.92 Å². The van der Waals surface area contributed by atoms with Crippen LogP contribution in [-0.2, 0) is 14.2 Å². The van der Waals surface area contributed by atoms with E-state index in [4.69, 9.17) is 14.2 Å². The van der Waals surface area contributed by atoms with E-state index in [1.54, 1.807) is 6.92 Å². The van der Waals surface area contributed by atoms with Crippen molar-refractivity contribution in [3.63, 3.8) is 0 Å². The largest absolute Gasteiger partial charge is 0.498 e. The summed E-state index contributed by atoms with van der Waals surface area (Å²) < 4.78 is 44.2. The van der Waals surface area contributed by atoms with Gasteiger partial charge in [0.25, 0.3) is 0 Å². The third kappa shape index (κ3) is 7.36. The standard InChI is InChI=1S/C21H36F2O3/c1-7-18-8-10-19(11-9-18)13-26-17(5)25-12-14(2)15(3)20(22)21(23)16(4)24-6/h14,17-19H,7-13H2,1-6H3/b20-15-,21-16-. The van der Waals surface area contributed by atoms with Crippen LogP contribution in [0.2, 0.25) is 0 Å². The highest BCUT2D eigenvalue weighted by Crippen LogP contribution is 2.31. The zero-order chi connectivity index (χ0) is 19.7. The molecule has 0 heterocycles. The van der Waals surface area contributed by atoms with Gasteiger partial charge in [-0.1, -0.05) is 33.1 Å². The average molecular weight is 375 g/mol. The van der Waals surface area contributed by atoms with E-state index in [9.17, 15) is 8.78 Å². The molecule has 0 saturated heterocycles. The van der Waals surface area contributed by atoms with Crippen molar-refractivity contribution in [2.75, 3.05) is 20.3 Å². The first kappa shape index (κ1) is 23.1. The molecule has 2 unspecified atom stereocenters. The minimum absolute atomic E-state index is 0.0653. The number of ether oxygens (including phenoxy) is 3. The van der Waals surface area contributed by atoms with Crippen LogP contribution in [0.25, 0.3) is 0 Å². The number of methoxy groups -OCH3 is 1. The summed E-state index contributed by atoms with van der Waals surface area (Å²) in [7, 11) is 1.32. The lowest BCUT2D eigenvalue weighted by atomic mass is 9.81. The van der Waals surface area contributed by atoms with Crippen LogP contribution in [0.1, 0.15) is 66.7 Å². The molecule has 0 N–H and O–H groups in total. The molecule has 5 heteroatoms. The van der Waals surface area contributed by atoms with E-state index in [0.29, 0.717) is 18.1 Å². The summed E-state index contributed by atoms with van der Waals surface area (Å²) in [5.74, 6) is -0.662. The first-order valence-corrected chi connectivity index (χ1v) is 9.80. The first-order valence-electron chi connectivity index (χ1n) is 9.80. The van der Waals surface area contributed by atoms with Gasteiger partial charge in [-0.05, 0) is 51.0 Å². The Morgan fingerprint density at radius 1 is 0.962 bits per heavy atom. The van der Waals surface area contributed by atoms with E-state index in [2.05, 4.69) is 6.92 Å². The van der Waals surface area contributed by atoms with E-state index in [1.807, 2.05) is 13.8 Å². The number of hydrogen-bond donors (Lipinski definition) is 0. The Morgan fingerprint density at radius 3 is 2.08 bits per heavy atom. The van der Waals surface area contributed by atoms with Crippen LogP contribution < -0.4 is 0 Å². The molecular weight excluding hydrogens is 338 g/mol. The van der Waals surface area contributed by atoms with E-state index in [-0.39, 0.29) is 24.6 Å². The lowest BCUT2D eigenvalue weighted by Gasteiger charge is -2.28. The normalized spacial score (nSPS) is 25.2. The quantitative estimate of drug-likeness (QED) is 0.255. The molecule has 0 amide bonds. The van der Waals surface area contributed by atoms with Gasteiger partial charge < -0.3 is 14.2 Å². The second-order valence-electron chi connectivity index (χ2n) is 7.50. The smallest absolute Gasteiger partial charge is 0.195 e. The van der Waals surface area contributed by atoms with Gasteiger partial charge in [-0.3, -0.25) is 0 Å². The Morgan fingerprint density at radius 2 is 1.54 bits per heavy atom. The Bertz CT molecular complexity index is 480. The number of rotatable bonds is 10. The fourth-order valence-electron chi connectivity index (χ4n) is 3.16. The molecule has 0 aromatic carbocycles. The predicted octanol–water partition coefficient (Wildman–Crippen LogP) is 6.31. The van der Waals surface area contributed by atoms with Gasteiger partial charge in [0.2, 0.25) is 0 Å². The number of halogens is 2. The Labute approximate surface area is 157 Å². The van der Waals surface area contributed by atoms with Gasteiger partial charge in [0.05, 0.1) is 20.3 Å². The van der Waals surface area contributed by atoms with E-state index in [1.165, 1.54) is 46.1 Å². The van der Waals surface area contributed by atoms with Crippen LogP contribution in [0, 0.1) is 17.8 Å². The SMILES string of the molecule is CCC1CCC(COC(C)OCC(C)/C(C)=C(F)/C(F)=C(\C)OC)CC1. The van der Waals surface area contributed by atoms with Gasteiger partial charge in [0.15, 0.2) is 17.9 Å². The molecule has 1 aliphatic rings. The van der Waals surface area contributed by atoms with Crippen LogP contribution in [0.15, 0.2) is 23.0 Å². The first-order chi connectivity index (χ1) is 12.3. The molecule has 152 valence electrons. The molecule has 2 atom stereocenters.